The van der Waals surface area contributed by atoms with E-state index in [1.807, 2.05) is 6.20 Å². The van der Waals surface area contributed by atoms with Crippen LogP contribution in [0.1, 0.15) is 18.2 Å². The van der Waals surface area contributed by atoms with Crippen molar-refractivity contribution in [3.63, 3.8) is 0 Å². The van der Waals surface area contributed by atoms with E-state index in [4.69, 9.17) is 4.74 Å². The van der Waals surface area contributed by atoms with E-state index in [9.17, 15) is 0 Å². The smallest absolute Gasteiger partial charge is 0.185 e. The third kappa shape index (κ3) is 3.40. The van der Waals surface area contributed by atoms with E-state index < -0.39 is 0 Å². The van der Waals surface area contributed by atoms with Gasteiger partial charge in [-0.05, 0) is 13.0 Å². The van der Waals surface area contributed by atoms with Crippen LogP contribution in [0.2, 0.25) is 0 Å². The molecule has 1 N–H and O–H groups in total. The molecule has 1 fully saturated rings. The van der Waals surface area contributed by atoms with Gasteiger partial charge in [-0.2, -0.15) is 0 Å². The number of aromatic nitrogens is 1. The van der Waals surface area contributed by atoms with Gasteiger partial charge in [0.1, 0.15) is 0 Å². The lowest BCUT2D eigenvalue weighted by Crippen LogP contribution is -2.20. The molecule has 0 aliphatic carbocycles. The van der Waals surface area contributed by atoms with Gasteiger partial charge in [-0.1, -0.05) is 6.92 Å². The maximum absolute atomic E-state index is 5.21. The first-order chi connectivity index (χ1) is 8.33. The van der Waals surface area contributed by atoms with Crippen molar-refractivity contribution in [3.05, 3.63) is 11.1 Å². The number of anilines is 1. The third-order valence-electron chi connectivity index (χ3n) is 3.05. The predicted molar refractivity (Wildman–Crippen MR) is 71.7 cm³/mol. The molecular formula is C12H21N3OS. The zero-order valence-corrected chi connectivity index (χ0v) is 11.4. The number of rotatable bonds is 6. The maximum atomic E-state index is 5.21. The molecule has 0 spiro atoms. The molecule has 1 aliphatic heterocycles. The molecule has 1 atom stereocenters. The Morgan fingerprint density at radius 2 is 2.53 bits per heavy atom. The van der Waals surface area contributed by atoms with Gasteiger partial charge in [0.2, 0.25) is 0 Å². The van der Waals surface area contributed by atoms with Crippen molar-refractivity contribution in [2.24, 2.45) is 5.92 Å². The first kappa shape index (κ1) is 12.8. The van der Waals surface area contributed by atoms with Gasteiger partial charge >= 0.3 is 0 Å². The molecule has 1 aliphatic rings. The Labute approximate surface area is 107 Å². The molecule has 17 heavy (non-hydrogen) atoms. The molecule has 96 valence electrons. The Morgan fingerprint density at radius 1 is 1.65 bits per heavy atom. The standard InChI is InChI=1S/C12H21N3OS/c1-3-13-6-11-7-14-12(17-11)15-5-4-10(8-15)9-16-2/h7,10,13H,3-6,8-9H2,1-2H3. The summed E-state index contributed by atoms with van der Waals surface area (Å²) in [5.74, 6) is 0.668. The summed E-state index contributed by atoms with van der Waals surface area (Å²) in [6, 6.07) is 0. The minimum absolute atomic E-state index is 0.668. The molecule has 0 amide bonds. The van der Waals surface area contributed by atoms with E-state index >= 15 is 0 Å². The highest BCUT2D eigenvalue weighted by molar-refractivity contribution is 7.15. The summed E-state index contributed by atoms with van der Waals surface area (Å²) in [5.41, 5.74) is 0. The summed E-state index contributed by atoms with van der Waals surface area (Å²) in [4.78, 5) is 8.20. The summed E-state index contributed by atoms with van der Waals surface area (Å²) < 4.78 is 5.21. The highest BCUT2D eigenvalue weighted by atomic mass is 32.1. The van der Waals surface area contributed by atoms with Crippen LogP contribution >= 0.6 is 11.3 Å². The summed E-state index contributed by atoms with van der Waals surface area (Å²) in [6.07, 6.45) is 3.21. The summed E-state index contributed by atoms with van der Waals surface area (Å²) >= 11 is 1.80. The van der Waals surface area contributed by atoms with Crippen LogP contribution in [-0.2, 0) is 11.3 Å². The van der Waals surface area contributed by atoms with Gasteiger partial charge in [0.05, 0.1) is 6.61 Å². The average molecular weight is 255 g/mol. The molecule has 2 rings (SSSR count). The molecular weight excluding hydrogens is 234 g/mol. The summed E-state index contributed by atoms with van der Waals surface area (Å²) in [6.45, 7) is 7.13. The third-order valence-corrected chi connectivity index (χ3v) is 4.11. The van der Waals surface area contributed by atoms with Crippen molar-refractivity contribution >= 4 is 16.5 Å². The Balaban J connectivity index is 1.88. The fourth-order valence-corrected chi connectivity index (χ4v) is 3.07. The molecule has 1 aromatic rings. The van der Waals surface area contributed by atoms with Crippen LogP contribution < -0.4 is 10.2 Å². The number of hydrogen-bond donors (Lipinski definition) is 1. The minimum atomic E-state index is 0.668. The lowest BCUT2D eigenvalue weighted by Gasteiger charge is -2.14. The van der Waals surface area contributed by atoms with Crippen molar-refractivity contribution in [3.8, 4) is 0 Å². The van der Waals surface area contributed by atoms with Crippen LogP contribution in [0.5, 0.6) is 0 Å². The van der Waals surface area contributed by atoms with E-state index in [1.165, 1.54) is 11.3 Å². The second-order valence-corrected chi connectivity index (χ2v) is 5.54. The first-order valence-corrected chi connectivity index (χ1v) is 7.04. The van der Waals surface area contributed by atoms with Gasteiger partial charge in [0, 0.05) is 43.7 Å². The van der Waals surface area contributed by atoms with Crippen molar-refractivity contribution in [2.45, 2.75) is 19.9 Å². The molecule has 0 aromatic carbocycles. The zero-order chi connectivity index (χ0) is 12.1. The monoisotopic (exact) mass is 255 g/mol. The molecule has 0 saturated carbocycles. The highest BCUT2D eigenvalue weighted by Gasteiger charge is 2.24. The number of nitrogens with one attached hydrogen (secondary N) is 1. The van der Waals surface area contributed by atoms with Gasteiger partial charge in [0.15, 0.2) is 5.13 Å². The van der Waals surface area contributed by atoms with Gasteiger partial charge < -0.3 is 15.0 Å². The van der Waals surface area contributed by atoms with Crippen LogP contribution in [0.4, 0.5) is 5.13 Å². The van der Waals surface area contributed by atoms with Gasteiger partial charge in [-0.3, -0.25) is 0 Å². The molecule has 1 aromatic heterocycles. The summed E-state index contributed by atoms with van der Waals surface area (Å²) in [5, 5.41) is 4.49. The zero-order valence-electron chi connectivity index (χ0n) is 10.6. The normalized spacial score (nSPS) is 20.1. The fourth-order valence-electron chi connectivity index (χ4n) is 2.15. The Hall–Kier alpha value is -0.650. The second-order valence-electron chi connectivity index (χ2n) is 4.45. The molecule has 1 saturated heterocycles. The van der Waals surface area contributed by atoms with Crippen LogP contribution in [-0.4, -0.2) is 38.3 Å². The van der Waals surface area contributed by atoms with Crippen molar-refractivity contribution in [1.29, 1.82) is 0 Å². The largest absolute Gasteiger partial charge is 0.384 e. The number of ether oxygens (including phenoxy) is 1. The SMILES string of the molecule is CCNCc1cnc(N2CCC(COC)C2)s1. The van der Waals surface area contributed by atoms with Crippen molar-refractivity contribution < 1.29 is 4.74 Å². The second kappa shape index (κ2) is 6.33. The van der Waals surface area contributed by atoms with Gasteiger partial charge in [0.25, 0.3) is 0 Å². The number of nitrogens with zero attached hydrogens (tertiary/aromatic N) is 2. The van der Waals surface area contributed by atoms with Crippen LogP contribution in [0.3, 0.4) is 0 Å². The lowest BCUT2D eigenvalue weighted by molar-refractivity contribution is 0.161. The predicted octanol–water partition coefficient (Wildman–Crippen LogP) is 1.73. The topological polar surface area (TPSA) is 37.4 Å². The van der Waals surface area contributed by atoms with Gasteiger partial charge in [-0.25, -0.2) is 4.98 Å². The van der Waals surface area contributed by atoms with E-state index in [0.29, 0.717) is 5.92 Å². The fraction of sp³-hybridized carbons (Fsp3) is 0.750. The van der Waals surface area contributed by atoms with Crippen LogP contribution in [0, 0.1) is 5.92 Å². The Morgan fingerprint density at radius 3 is 3.29 bits per heavy atom. The minimum Gasteiger partial charge on any atom is -0.384 e. The average Bonchev–Trinajstić information content (AvgIpc) is 2.95. The quantitative estimate of drug-likeness (QED) is 0.840. The first-order valence-electron chi connectivity index (χ1n) is 6.22. The van der Waals surface area contributed by atoms with E-state index in [-0.39, 0.29) is 0 Å². The molecule has 4 nitrogen and oxygen atoms in total. The summed E-state index contributed by atoms with van der Waals surface area (Å²) in [7, 11) is 1.78. The van der Waals surface area contributed by atoms with Gasteiger partial charge in [-0.15, -0.1) is 11.3 Å². The highest BCUT2D eigenvalue weighted by Crippen LogP contribution is 2.28. The van der Waals surface area contributed by atoms with E-state index in [1.54, 1.807) is 18.4 Å². The molecule has 0 radical (unpaired) electrons. The Kier molecular flexibility index (Phi) is 4.76. The Bertz CT molecular complexity index is 342. The maximum Gasteiger partial charge on any atom is 0.185 e. The van der Waals surface area contributed by atoms with E-state index in [0.717, 1.165) is 37.9 Å². The van der Waals surface area contributed by atoms with E-state index in [2.05, 4.69) is 22.1 Å². The number of methoxy groups -OCH3 is 1. The van der Waals surface area contributed by atoms with Crippen LogP contribution in [0.15, 0.2) is 6.20 Å². The van der Waals surface area contributed by atoms with Crippen LogP contribution in [0.25, 0.3) is 0 Å². The van der Waals surface area contributed by atoms with Crippen molar-refractivity contribution in [2.75, 3.05) is 38.3 Å². The molecule has 2 heterocycles. The lowest BCUT2D eigenvalue weighted by atomic mass is 10.1. The van der Waals surface area contributed by atoms with Crippen molar-refractivity contribution in [1.82, 2.24) is 10.3 Å². The number of thiazole rings is 1. The molecule has 1 unspecified atom stereocenters. The molecule has 0 bridgehead atoms. The molecule has 5 heteroatoms. The number of hydrogen-bond acceptors (Lipinski definition) is 5.